The van der Waals surface area contributed by atoms with E-state index in [9.17, 15) is 9.59 Å². The zero-order valence-corrected chi connectivity index (χ0v) is 12.9. The monoisotopic (exact) mass is 327 g/mol. The molecule has 0 bridgehead atoms. The van der Waals surface area contributed by atoms with Crippen LogP contribution in [0.15, 0.2) is 54.6 Å². The van der Waals surface area contributed by atoms with Crippen LogP contribution in [0.25, 0.3) is 0 Å². The van der Waals surface area contributed by atoms with Gasteiger partial charge in [0.05, 0.1) is 13.2 Å². The van der Waals surface area contributed by atoms with Crippen molar-refractivity contribution >= 4 is 11.9 Å². The van der Waals surface area contributed by atoms with Gasteiger partial charge >= 0.3 is 5.97 Å². The third-order valence-electron chi connectivity index (χ3n) is 3.71. The van der Waals surface area contributed by atoms with Crippen molar-refractivity contribution in [2.24, 2.45) is 0 Å². The molecule has 24 heavy (non-hydrogen) atoms. The molecular weight excluding hydrogens is 310 g/mol. The smallest absolute Gasteiger partial charge is 0.334 e. The number of carbonyl (C=O) groups is 2. The summed E-state index contributed by atoms with van der Waals surface area (Å²) in [6.07, 6.45) is -0.969. The predicted molar refractivity (Wildman–Crippen MR) is 86.2 cm³/mol. The summed E-state index contributed by atoms with van der Waals surface area (Å²) in [4.78, 5) is 25.0. The number of hydrogen-bond acceptors (Lipinski definition) is 4. The minimum Gasteiger partial charge on any atom is -0.479 e. The number of benzene rings is 2. The Morgan fingerprint density at radius 2 is 1.71 bits per heavy atom. The zero-order valence-electron chi connectivity index (χ0n) is 12.9. The van der Waals surface area contributed by atoms with Gasteiger partial charge in [0.25, 0.3) is 5.91 Å². The number of carboxylic acid groups (broad SMARTS) is 1. The second kappa shape index (κ2) is 7.14. The van der Waals surface area contributed by atoms with E-state index in [0.29, 0.717) is 23.6 Å². The number of morpholine rings is 1. The number of carboxylic acids is 1. The van der Waals surface area contributed by atoms with E-state index in [2.05, 4.69) is 0 Å². The van der Waals surface area contributed by atoms with Crippen LogP contribution >= 0.6 is 0 Å². The molecule has 124 valence electrons. The number of amides is 1. The third kappa shape index (κ3) is 3.72. The Labute approximate surface area is 139 Å². The number of hydrogen-bond donors (Lipinski definition) is 1. The van der Waals surface area contributed by atoms with Gasteiger partial charge in [0.1, 0.15) is 11.5 Å². The van der Waals surface area contributed by atoms with E-state index >= 15 is 0 Å². The molecule has 2 aromatic carbocycles. The molecule has 1 heterocycles. The maximum atomic E-state index is 12.5. The van der Waals surface area contributed by atoms with Crippen molar-refractivity contribution in [3.05, 3.63) is 60.2 Å². The lowest BCUT2D eigenvalue weighted by Gasteiger charge is -2.30. The van der Waals surface area contributed by atoms with Crippen LogP contribution in [-0.2, 0) is 9.53 Å². The van der Waals surface area contributed by atoms with Crippen LogP contribution in [0.2, 0.25) is 0 Å². The SMILES string of the molecule is O=C(O)C1CN(C(=O)c2ccc(Oc3ccccc3)cc2)CCO1. The van der Waals surface area contributed by atoms with Crippen molar-refractivity contribution in [3.63, 3.8) is 0 Å². The Morgan fingerprint density at radius 1 is 1.04 bits per heavy atom. The van der Waals surface area contributed by atoms with E-state index in [1.807, 2.05) is 30.3 Å². The van der Waals surface area contributed by atoms with E-state index in [0.717, 1.165) is 0 Å². The van der Waals surface area contributed by atoms with Gasteiger partial charge in [-0.15, -0.1) is 0 Å². The Morgan fingerprint density at radius 3 is 2.38 bits per heavy atom. The number of carbonyl (C=O) groups excluding carboxylic acids is 1. The van der Waals surface area contributed by atoms with Crippen LogP contribution < -0.4 is 4.74 Å². The summed E-state index contributed by atoms with van der Waals surface area (Å²) in [5.41, 5.74) is 0.487. The first kappa shape index (κ1) is 16.0. The van der Waals surface area contributed by atoms with E-state index in [-0.39, 0.29) is 19.1 Å². The van der Waals surface area contributed by atoms with Gasteiger partial charge in [0.15, 0.2) is 6.10 Å². The first-order valence-corrected chi connectivity index (χ1v) is 7.60. The van der Waals surface area contributed by atoms with Crippen LogP contribution in [-0.4, -0.2) is 47.7 Å². The fourth-order valence-corrected chi connectivity index (χ4v) is 2.46. The number of aliphatic carboxylic acids is 1. The Kier molecular flexibility index (Phi) is 4.77. The molecule has 1 atom stereocenters. The fourth-order valence-electron chi connectivity index (χ4n) is 2.46. The quantitative estimate of drug-likeness (QED) is 0.933. The van der Waals surface area contributed by atoms with Gasteiger partial charge in [0.2, 0.25) is 0 Å². The number of nitrogens with zero attached hydrogens (tertiary/aromatic N) is 1. The molecule has 1 amide bonds. The highest BCUT2D eigenvalue weighted by atomic mass is 16.5. The molecule has 6 nitrogen and oxygen atoms in total. The van der Waals surface area contributed by atoms with Gasteiger partial charge < -0.3 is 19.5 Å². The van der Waals surface area contributed by atoms with Crippen LogP contribution in [0.4, 0.5) is 0 Å². The fraction of sp³-hybridized carbons (Fsp3) is 0.222. The van der Waals surface area contributed by atoms with Crippen LogP contribution in [0.3, 0.4) is 0 Å². The molecule has 1 aliphatic heterocycles. The Bertz CT molecular complexity index is 714. The number of ether oxygens (including phenoxy) is 2. The predicted octanol–water partition coefficient (Wildman–Crippen LogP) is 2.40. The lowest BCUT2D eigenvalue weighted by atomic mass is 10.1. The maximum Gasteiger partial charge on any atom is 0.334 e. The minimum atomic E-state index is -1.06. The third-order valence-corrected chi connectivity index (χ3v) is 3.71. The molecule has 1 saturated heterocycles. The molecule has 0 spiro atoms. The molecule has 0 saturated carbocycles. The summed E-state index contributed by atoms with van der Waals surface area (Å²) < 4.78 is 10.8. The molecule has 2 aromatic rings. The molecule has 1 N–H and O–H groups in total. The second-order valence-corrected chi connectivity index (χ2v) is 5.39. The number of para-hydroxylation sites is 1. The highest BCUT2D eigenvalue weighted by Gasteiger charge is 2.29. The van der Waals surface area contributed by atoms with E-state index < -0.39 is 12.1 Å². The molecule has 1 fully saturated rings. The molecular formula is C18H17NO5. The van der Waals surface area contributed by atoms with Gasteiger partial charge in [-0.05, 0) is 36.4 Å². The minimum absolute atomic E-state index is 0.0520. The van der Waals surface area contributed by atoms with Gasteiger partial charge in [-0.2, -0.15) is 0 Å². The standard InChI is InChI=1S/C18H17NO5/c20-17(19-10-11-23-16(12-19)18(21)22)13-6-8-15(9-7-13)24-14-4-2-1-3-5-14/h1-9,16H,10-12H2,(H,21,22). The Hall–Kier alpha value is -2.86. The van der Waals surface area contributed by atoms with Crippen LogP contribution in [0, 0.1) is 0 Å². The molecule has 1 aliphatic rings. The van der Waals surface area contributed by atoms with E-state index in [4.69, 9.17) is 14.6 Å². The van der Waals surface area contributed by atoms with Crippen LogP contribution in [0.5, 0.6) is 11.5 Å². The summed E-state index contributed by atoms with van der Waals surface area (Å²) in [5, 5.41) is 9.01. The van der Waals surface area contributed by atoms with Crippen molar-refractivity contribution in [3.8, 4) is 11.5 Å². The highest BCUT2D eigenvalue weighted by Crippen LogP contribution is 2.22. The summed E-state index contributed by atoms with van der Waals surface area (Å²) >= 11 is 0. The van der Waals surface area contributed by atoms with Gasteiger partial charge in [-0.25, -0.2) is 4.79 Å². The zero-order chi connectivity index (χ0) is 16.9. The summed E-state index contributed by atoms with van der Waals surface area (Å²) in [7, 11) is 0. The number of rotatable bonds is 4. The normalized spacial score (nSPS) is 17.3. The lowest BCUT2D eigenvalue weighted by Crippen LogP contribution is -2.48. The molecule has 1 unspecified atom stereocenters. The molecule has 6 heteroatoms. The molecule has 0 aliphatic carbocycles. The topological polar surface area (TPSA) is 76.1 Å². The van der Waals surface area contributed by atoms with Gasteiger partial charge in [-0.1, -0.05) is 18.2 Å². The molecule has 0 radical (unpaired) electrons. The van der Waals surface area contributed by atoms with Crippen LogP contribution in [0.1, 0.15) is 10.4 Å². The first-order chi connectivity index (χ1) is 11.6. The summed E-state index contributed by atoms with van der Waals surface area (Å²) in [6.45, 7) is 0.652. The second-order valence-electron chi connectivity index (χ2n) is 5.39. The lowest BCUT2D eigenvalue weighted by molar-refractivity contribution is -0.154. The summed E-state index contributed by atoms with van der Waals surface area (Å²) in [5.74, 6) is 0.0760. The van der Waals surface area contributed by atoms with Crippen molar-refractivity contribution in [1.82, 2.24) is 4.90 Å². The Balaban J connectivity index is 1.66. The van der Waals surface area contributed by atoms with E-state index in [1.54, 1.807) is 24.3 Å². The van der Waals surface area contributed by atoms with Crippen molar-refractivity contribution in [2.45, 2.75) is 6.10 Å². The van der Waals surface area contributed by atoms with Crippen molar-refractivity contribution in [2.75, 3.05) is 19.7 Å². The highest BCUT2D eigenvalue weighted by molar-refractivity contribution is 5.94. The average molecular weight is 327 g/mol. The first-order valence-electron chi connectivity index (χ1n) is 7.60. The average Bonchev–Trinajstić information content (AvgIpc) is 2.63. The largest absolute Gasteiger partial charge is 0.479 e. The van der Waals surface area contributed by atoms with Gasteiger partial charge in [0, 0.05) is 12.1 Å². The summed E-state index contributed by atoms with van der Waals surface area (Å²) in [6, 6.07) is 16.1. The van der Waals surface area contributed by atoms with E-state index in [1.165, 1.54) is 4.90 Å². The van der Waals surface area contributed by atoms with Crippen molar-refractivity contribution < 1.29 is 24.2 Å². The molecule has 0 aromatic heterocycles. The van der Waals surface area contributed by atoms with Crippen molar-refractivity contribution in [1.29, 1.82) is 0 Å². The molecule has 3 rings (SSSR count). The van der Waals surface area contributed by atoms with Gasteiger partial charge in [-0.3, -0.25) is 4.79 Å². The maximum absolute atomic E-state index is 12.5.